The Bertz CT molecular complexity index is 3930. The summed E-state index contributed by atoms with van der Waals surface area (Å²) in [7, 11) is 0. The monoisotopic (exact) mass is 1220 g/mol. The van der Waals surface area contributed by atoms with E-state index in [1.54, 1.807) is 0 Å². The summed E-state index contributed by atoms with van der Waals surface area (Å²) in [6.07, 6.45) is 6.80. The molecule has 18 heteroatoms. The number of hydrogen-bond acceptors (Lipinski definition) is 9. The summed E-state index contributed by atoms with van der Waals surface area (Å²) in [6, 6.07) is 49.2. The Morgan fingerprint density at radius 1 is 0.352 bits per heavy atom. The van der Waals surface area contributed by atoms with Gasteiger partial charge in [-0.25, -0.2) is 0 Å². The van der Waals surface area contributed by atoms with Crippen molar-refractivity contribution in [1.29, 1.82) is 0 Å². The largest absolute Gasteiger partial charge is 0.361 e. The number of fused-ring (bicyclic) bond motifs is 3. The van der Waals surface area contributed by atoms with Gasteiger partial charge in [-0.2, -0.15) is 34.0 Å². The van der Waals surface area contributed by atoms with Crippen LogP contribution in [0.25, 0.3) is 32.7 Å². The molecular weight excluding hydrogens is 1160 g/mol. The highest BCUT2D eigenvalue weighted by atomic mass is 32.1. The van der Waals surface area contributed by atoms with Gasteiger partial charge in [-0.05, 0) is 155 Å². The van der Waals surface area contributed by atoms with E-state index in [1.807, 2.05) is 215 Å². The Kier molecular flexibility index (Phi) is 17.9. The number of H-pyrrole nitrogens is 3. The second-order valence-corrected chi connectivity index (χ2v) is 24.1. The first-order valence-corrected chi connectivity index (χ1v) is 31.6. The number of nitrogens with one attached hydrogen (secondary N) is 9. The number of carbonyl (C=O) groups is 6. The van der Waals surface area contributed by atoms with E-state index in [4.69, 9.17) is 0 Å². The Labute approximate surface area is 519 Å². The minimum atomic E-state index is -0.895. The molecule has 9 N–H and O–H groups in total. The second-order valence-electron chi connectivity index (χ2n) is 21.7. The SMILES string of the molecule is O=C(Cc1ccsc1)N[C@@H](Cc1c[nH]c2ccccc12)C(=O)Nc1ccc(C(c2ccc(NC(=O)[C@H](Cc3c[nH]c4ccccc34)NC(=O)Cc3ccsc3)cc2)c2ccc(NC(=O)[C@H](Cc3c[nH]c4ccccc34)NC(=O)Cc3ccsc3)cc2)cc1. The first-order chi connectivity index (χ1) is 43.0. The van der Waals surface area contributed by atoms with Gasteiger partial charge in [-0.15, -0.1) is 0 Å². The molecule has 0 saturated heterocycles. The van der Waals surface area contributed by atoms with Gasteiger partial charge < -0.3 is 46.9 Å². The first kappa shape index (κ1) is 58.3. The van der Waals surface area contributed by atoms with Crippen LogP contribution in [-0.2, 0) is 67.3 Å². The van der Waals surface area contributed by atoms with Crippen LogP contribution in [0.4, 0.5) is 17.1 Å². The Morgan fingerprint density at radius 3 is 0.909 bits per heavy atom. The molecule has 0 aliphatic rings. The molecule has 0 fully saturated rings. The molecule has 0 unspecified atom stereocenters. The standard InChI is InChI=1S/C70H61N9O6S3/c80-64(31-43-25-28-86-40-43)77-61(34-49-37-71-58-10-4-1-7-55(49)58)68(83)74-52-19-13-46(14-20-52)67(47-15-21-53(22-16-47)75-69(84)62(78-65(81)32-44-26-29-87-41-44)35-50-38-72-59-11-5-2-8-56(50)59)48-17-23-54(24-18-48)76-70(85)63(79-66(82)33-45-27-30-88-42-45)36-51-39-73-60-12-6-3-9-57(51)60/h1-30,37-42,61-63,67,71-73H,31-36H2,(H,74,83)(H,75,84)(H,76,85)(H,77,80)(H,78,81)(H,79,82)/t61-,62-,63-/m0/s1. The maximum atomic E-state index is 14.3. The van der Waals surface area contributed by atoms with Crippen LogP contribution in [0.1, 0.15) is 56.0 Å². The molecule has 440 valence electrons. The molecule has 6 aromatic heterocycles. The van der Waals surface area contributed by atoms with Crippen molar-refractivity contribution in [2.45, 2.75) is 62.6 Å². The highest BCUT2D eigenvalue weighted by molar-refractivity contribution is 7.08. The maximum absolute atomic E-state index is 14.3. The minimum Gasteiger partial charge on any atom is -0.361 e. The van der Waals surface area contributed by atoms with Crippen LogP contribution in [0.5, 0.6) is 0 Å². The quantitative estimate of drug-likeness (QED) is 0.0268. The number of benzene rings is 6. The van der Waals surface area contributed by atoms with Crippen LogP contribution in [0, 0.1) is 0 Å². The molecule has 15 nitrogen and oxygen atoms in total. The number of aromatic nitrogens is 3. The fraction of sp³-hybridized carbons (Fsp3) is 0.143. The minimum absolute atomic E-state index is 0.138. The number of rotatable bonds is 24. The number of anilines is 3. The van der Waals surface area contributed by atoms with E-state index < -0.39 is 24.0 Å². The summed E-state index contributed by atoms with van der Waals surface area (Å²) < 4.78 is 0. The normalized spacial score (nSPS) is 12.4. The number of hydrogen-bond donors (Lipinski definition) is 9. The average molecular weight is 1220 g/mol. The van der Waals surface area contributed by atoms with Gasteiger partial charge in [0.05, 0.1) is 19.3 Å². The summed E-state index contributed by atoms with van der Waals surface area (Å²) in [5.74, 6) is -2.33. The molecule has 6 heterocycles. The van der Waals surface area contributed by atoms with Crippen LogP contribution < -0.4 is 31.9 Å². The lowest BCUT2D eigenvalue weighted by Gasteiger charge is -2.22. The maximum Gasteiger partial charge on any atom is 0.247 e. The Hall–Kier alpha value is -10.1. The van der Waals surface area contributed by atoms with Crippen LogP contribution in [-0.4, -0.2) is 68.5 Å². The summed E-state index contributed by atoms with van der Waals surface area (Å²) in [4.78, 5) is 93.3. The highest BCUT2D eigenvalue weighted by Gasteiger charge is 2.28. The van der Waals surface area contributed by atoms with Gasteiger partial charge in [0, 0.05) is 93.5 Å². The van der Waals surface area contributed by atoms with E-state index in [0.29, 0.717) is 17.1 Å². The molecule has 3 atom stereocenters. The number of para-hydroxylation sites is 3. The van der Waals surface area contributed by atoms with Crippen molar-refractivity contribution < 1.29 is 28.8 Å². The fourth-order valence-electron chi connectivity index (χ4n) is 11.2. The van der Waals surface area contributed by atoms with Crippen molar-refractivity contribution >= 4 is 119 Å². The van der Waals surface area contributed by atoms with E-state index in [0.717, 1.165) is 82.8 Å². The predicted octanol–water partition coefficient (Wildman–Crippen LogP) is 12.2. The van der Waals surface area contributed by atoms with Crippen LogP contribution in [0.2, 0.25) is 0 Å². The summed E-state index contributed by atoms with van der Waals surface area (Å²) >= 11 is 4.52. The first-order valence-electron chi connectivity index (χ1n) is 28.8. The molecule has 0 saturated carbocycles. The zero-order valence-corrected chi connectivity index (χ0v) is 50.0. The molecule has 12 aromatic rings. The third-order valence-electron chi connectivity index (χ3n) is 15.6. The lowest BCUT2D eigenvalue weighted by atomic mass is 9.85. The van der Waals surface area contributed by atoms with Crippen molar-refractivity contribution in [3.8, 4) is 0 Å². The Morgan fingerprint density at radius 2 is 0.636 bits per heavy atom. The predicted molar refractivity (Wildman–Crippen MR) is 352 cm³/mol. The number of thiophene rings is 3. The molecular formula is C70H61N9O6S3. The van der Waals surface area contributed by atoms with E-state index in [-0.39, 0.29) is 74.0 Å². The van der Waals surface area contributed by atoms with Gasteiger partial charge in [0.2, 0.25) is 35.4 Å². The lowest BCUT2D eigenvalue weighted by molar-refractivity contribution is -0.126. The molecule has 6 aromatic carbocycles. The highest BCUT2D eigenvalue weighted by Crippen LogP contribution is 2.35. The van der Waals surface area contributed by atoms with Crippen molar-refractivity contribution in [2.24, 2.45) is 0 Å². The van der Waals surface area contributed by atoms with Gasteiger partial charge >= 0.3 is 0 Å². The van der Waals surface area contributed by atoms with Gasteiger partial charge in [-0.1, -0.05) is 91.0 Å². The molecule has 0 spiro atoms. The van der Waals surface area contributed by atoms with Crippen molar-refractivity contribution in [2.75, 3.05) is 16.0 Å². The van der Waals surface area contributed by atoms with E-state index >= 15 is 0 Å². The van der Waals surface area contributed by atoms with E-state index in [2.05, 4.69) is 46.9 Å². The number of aromatic amines is 3. The van der Waals surface area contributed by atoms with E-state index in [9.17, 15) is 28.8 Å². The van der Waals surface area contributed by atoms with Gasteiger partial charge in [0.1, 0.15) is 18.1 Å². The van der Waals surface area contributed by atoms with Crippen molar-refractivity contribution in [1.82, 2.24) is 30.9 Å². The second kappa shape index (κ2) is 27.1. The van der Waals surface area contributed by atoms with Gasteiger partial charge in [0.25, 0.3) is 0 Å². The topological polar surface area (TPSA) is 222 Å². The third kappa shape index (κ3) is 14.2. The molecule has 0 radical (unpaired) electrons. The van der Waals surface area contributed by atoms with Crippen molar-refractivity contribution in [3.63, 3.8) is 0 Å². The molecule has 0 aliphatic heterocycles. The average Bonchev–Trinajstić information content (AvgIpc) is 2.42. The summed E-state index contributed by atoms with van der Waals surface area (Å²) in [5.41, 5.74) is 12.2. The van der Waals surface area contributed by atoms with Crippen LogP contribution in [0.15, 0.2) is 215 Å². The number of amides is 6. The van der Waals surface area contributed by atoms with Gasteiger partial charge in [0.15, 0.2) is 0 Å². The third-order valence-corrected chi connectivity index (χ3v) is 17.8. The molecule has 0 aliphatic carbocycles. The number of carbonyl (C=O) groups excluding carboxylic acids is 6. The smallest absolute Gasteiger partial charge is 0.247 e. The van der Waals surface area contributed by atoms with Gasteiger partial charge in [-0.3, -0.25) is 28.8 Å². The van der Waals surface area contributed by atoms with E-state index in [1.165, 1.54) is 34.0 Å². The Balaban J connectivity index is 0.808. The molecule has 12 rings (SSSR count). The van der Waals surface area contributed by atoms with Crippen molar-refractivity contribution in [3.05, 3.63) is 265 Å². The molecule has 0 bridgehead atoms. The zero-order chi connectivity index (χ0) is 60.3. The fourth-order valence-corrected chi connectivity index (χ4v) is 13.2. The summed E-state index contributed by atoms with van der Waals surface area (Å²) in [5, 5.41) is 32.7. The molecule has 88 heavy (non-hydrogen) atoms. The van der Waals surface area contributed by atoms with Crippen LogP contribution in [0.3, 0.4) is 0 Å². The van der Waals surface area contributed by atoms with Crippen LogP contribution >= 0.6 is 34.0 Å². The molecule has 6 amide bonds. The zero-order valence-electron chi connectivity index (χ0n) is 47.5. The summed E-state index contributed by atoms with van der Waals surface area (Å²) in [6.45, 7) is 0. The lowest BCUT2D eigenvalue weighted by Crippen LogP contribution is -2.45.